The Labute approximate surface area is 54.9 Å². The monoisotopic (exact) mass is 133 g/mol. The van der Waals surface area contributed by atoms with E-state index in [4.69, 9.17) is 10.2 Å². The molecular formula is C5H13N2O2. The van der Waals surface area contributed by atoms with Crippen molar-refractivity contribution in [1.82, 2.24) is 10.9 Å². The molecule has 0 spiro atoms. The Bertz CT molecular complexity index is 58.9. The normalized spacial score (nSPS) is 13.7. The molecule has 0 aliphatic heterocycles. The molecule has 4 nitrogen and oxygen atoms in total. The first kappa shape index (κ1) is 8.84. The summed E-state index contributed by atoms with van der Waals surface area (Å²) in [4.78, 5) is 0. The summed E-state index contributed by atoms with van der Waals surface area (Å²) >= 11 is 0. The number of nitrogens with zero attached hydrogens (tertiary/aromatic N) is 1. The summed E-state index contributed by atoms with van der Waals surface area (Å²) in [5.41, 5.74) is 6.28. The third-order valence-corrected chi connectivity index (χ3v) is 0.691. The van der Waals surface area contributed by atoms with E-state index in [0.717, 1.165) is 0 Å². The number of aliphatic hydroxyl groups is 2. The van der Waals surface area contributed by atoms with E-state index >= 15 is 0 Å². The van der Waals surface area contributed by atoms with Gasteiger partial charge in [0.25, 0.3) is 0 Å². The summed E-state index contributed by atoms with van der Waals surface area (Å²) in [6, 6.07) is 0. The fraction of sp³-hybridized carbons (Fsp3) is 1.00. The molecule has 55 valence electrons. The van der Waals surface area contributed by atoms with Crippen LogP contribution in [0.25, 0.3) is 0 Å². The van der Waals surface area contributed by atoms with Crippen molar-refractivity contribution in [2.75, 3.05) is 19.7 Å². The summed E-state index contributed by atoms with van der Waals surface area (Å²) < 4.78 is 0. The van der Waals surface area contributed by atoms with E-state index in [2.05, 4.69) is 10.9 Å². The van der Waals surface area contributed by atoms with Crippen molar-refractivity contribution >= 4 is 0 Å². The van der Waals surface area contributed by atoms with Gasteiger partial charge in [-0.25, -0.2) is 5.43 Å². The highest BCUT2D eigenvalue weighted by Gasteiger charge is 1.92. The molecule has 0 aliphatic rings. The topological polar surface area (TPSA) is 66.6 Å². The van der Waals surface area contributed by atoms with E-state index in [1.54, 1.807) is 6.92 Å². The average molecular weight is 133 g/mol. The van der Waals surface area contributed by atoms with E-state index in [1.165, 1.54) is 0 Å². The Balaban J connectivity index is 2.75. The van der Waals surface area contributed by atoms with E-state index < -0.39 is 6.10 Å². The summed E-state index contributed by atoms with van der Waals surface area (Å²) in [6.45, 7) is 2.56. The molecule has 0 saturated carbocycles. The van der Waals surface area contributed by atoms with Crippen molar-refractivity contribution in [2.24, 2.45) is 0 Å². The highest BCUT2D eigenvalue weighted by atomic mass is 16.3. The Morgan fingerprint density at radius 2 is 2.33 bits per heavy atom. The van der Waals surface area contributed by atoms with Crippen LogP contribution in [-0.4, -0.2) is 36.0 Å². The molecule has 1 atom stereocenters. The van der Waals surface area contributed by atoms with E-state index in [0.29, 0.717) is 13.1 Å². The lowest BCUT2D eigenvalue weighted by Crippen LogP contribution is -2.32. The first-order chi connectivity index (χ1) is 4.27. The molecule has 4 heteroatoms. The average Bonchev–Trinajstić information content (AvgIpc) is 1.80. The zero-order valence-corrected chi connectivity index (χ0v) is 5.54. The van der Waals surface area contributed by atoms with Crippen LogP contribution < -0.4 is 10.9 Å². The maximum absolute atomic E-state index is 8.66. The number of rotatable bonds is 5. The van der Waals surface area contributed by atoms with Gasteiger partial charge in [0.15, 0.2) is 0 Å². The van der Waals surface area contributed by atoms with Crippen molar-refractivity contribution in [3.8, 4) is 0 Å². The molecule has 0 bridgehead atoms. The molecule has 1 unspecified atom stereocenters. The second kappa shape index (κ2) is 5.97. The minimum atomic E-state index is -0.406. The third kappa shape index (κ3) is 7.84. The van der Waals surface area contributed by atoms with Gasteiger partial charge in [0.1, 0.15) is 0 Å². The lowest BCUT2D eigenvalue weighted by atomic mass is 10.4. The van der Waals surface area contributed by atoms with Gasteiger partial charge in [-0.3, -0.25) is 0 Å². The van der Waals surface area contributed by atoms with Crippen LogP contribution in [0.4, 0.5) is 0 Å². The lowest BCUT2D eigenvalue weighted by molar-refractivity contribution is 0.180. The van der Waals surface area contributed by atoms with Crippen LogP contribution in [0.1, 0.15) is 6.92 Å². The molecular weight excluding hydrogens is 120 g/mol. The van der Waals surface area contributed by atoms with Gasteiger partial charge in [0.2, 0.25) is 0 Å². The molecule has 0 aromatic carbocycles. The lowest BCUT2D eigenvalue weighted by Gasteiger charge is -2.03. The van der Waals surface area contributed by atoms with Crippen LogP contribution in [0.2, 0.25) is 0 Å². The highest BCUT2D eigenvalue weighted by molar-refractivity contribution is 4.46. The molecule has 0 aromatic heterocycles. The first-order valence-corrected chi connectivity index (χ1v) is 2.95. The van der Waals surface area contributed by atoms with Gasteiger partial charge in [-0.05, 0) is 6.92 Å². The van der Waals surface area contributed by atoms with Gasteiger partial charge in [0, 0.05) is 6.54 Å². The zero-order chi connectivity index (χ0) is 7.11. The summed E-state index contributed by atoms with van der Waals surface area (Å²) in [7, 11) is 0. The van der Waals surface area contributed by atoms with Gasteiger partial charge in [0.05, 0.1) is 19.3 Å². The van der Waals surface area contributed by atoms with Gasteiger partial charge in [-0.1, -0.05) is 0 Å². The van der Waals surface area contributed by atoms with E-state index in [-0.39, 0.29) is 6.61 Å². The molecule has 9 heavy (non-hydrogen) atoms. The van der Waals surface area contributed by atoms with Crippen LogP contribution in [-0.2, 0) is 0 Å². The molecule has 0 heterocycles. The van der Waals surface area contributed by atoms with E-state index in [9.17, 15) is 0 Å². The van der Waals surface area contributed by atoms with Crippen LogP contribution in [0.15, 0.2) is 0 Å². The SMILES string of the molecule is CC(O)C[N]NCCO. The van der Waals surface area contributed by atoms with Crippen LogP contribution in [0.5, 0.6) is 0 Å². The highest BCUT2D eigenvalue weighted by Crippen LogP contribution is 1.72. The minimum absolute atomic E-state index is 0.0727. The molecule has 0 amide bonds. The Morgan fingerprint density at radius 3 is 2.78 bits per heavy atom. The van der Waals surface area contributed by atoms with E-state index in [1.807, 2.05) is 0 Å². The number of aliphatic hydroxyl groups excluding tert-OH is 2. The van der Waals surface area contributed by atoms with Crippen LogP contribution >= 0.6 is 0 Å². The van der Waals surface area contributed by atoms with Gasteiger partial charge in [-0.2, -0.15) is 5.43 Å². The van der Waals surface area contributed by atoms with Crippen molar-refractivity contribution in [2.45, 2.75) is 13.0 Å². The van der Waals surface area contributed by atoms with Crippen LogP contribution in [0, 0.1) is 0 Å². The molecule has 0 aromatic rings. The smallest absolute Gasteiger partial charge is 0.0668 e. The predicted molar refractivity (Wildman–Crippen MR) is 33.8 cm³/mol. The largest absolute Gasteiger partial charge is 0.395 e. The summed E-state index contributed by atoms with van der Waals surface area (Å²) in [5.74, 6) is 0. The van der Waals surface area contributed by atoms with Crippen molar-refractivity contribution in [3.05, 3.63) is 0 Å². The van der Waals surface area contributed by atoms with Crippen LogP contribution in [0.3, 0.4) is 0 Å². The fourth-order valence-corrected chi connectivity index (χ4v) is 0.326. The Morgan fingerprint density at radius 1 is 1.67 bits per heavy atom. The third-order valence-electron chi connectivity index (χ3n) is 0.691. The molecule has 0 fully saturated rings. The number of hydrogen-bond donors (Lipinski definition) is 3. The maximum Gasteiger partial charge on any atom is 0.0668 e. The number of nitrogens with one attached hydrogen (secondary N) is 1. The standard InChI is InChI=1S/C5H13N2O2/c1-5(9)4-7-6-2-3-8/h5-6,8-9H,2-4H2,1H3. The van der Waals surface area contributed by atoms with Gasteiger partial charge >= 0.3 is 0 Å². The number of hydrogen-bond acceptors (Lipinski definition) is 3. The predicted octanol–water partition coefficient (Wildman–Crippen LogP) is -1.53. The second-order valence-corrected chi connectivity index (χ2v) is 1.82. The quantitative estimate of drug-likeness (QED) is 0.315. The molecule has 0 rings (SSSR count). The summed E-state index contributed by atoms with van der Waals surface area (Å²) in [6.07, 6.45) is -0.406. The molecule has 0 aliphatic carbocycles. The van der Waals surface area contributed by atoms with Crippen molar-refractivity contribution < 1.29 is 10.2 Å². The van der Waals surface area contributed by atoms with Crippen molar-refractivity contribution in [3.63, 3.8) is 0 Å². The van der Waals surface area contributed by atoms with Gasteiger partial charge < -0.3 is 10.2 Å². The minimum Gasteiger partial charge on any atom is -0.395 e. The Hall–Kier alpha value is -0.160. The fourth-order valence-electron chi connectivity index (χ4n) is 0.326. The summed E-state index contributed by atoms with van der Waals surface area (Å²) in [5, 5.41) is 16.9. The molecule has 3 N–H and O–H groups in total. The molecule has 0 saturated heterocycles. The Kier molecular flexibility index (Phi) is 5.86. The zero-order valence-electron chi connectivity index (χ0n) is 5.54. The first-order valence-electron chi connectivity index (χ1n) is 2.95. The van der Waals surface area contributed by atoms with Gasteiger partial charge in [-0.15, -0.1) is 0 Å². The second-order valence-electron chi connectivity index (χ2n) is 1.82. The maximum atomic E-state index is 8.66. The molecule has 1 radical (unpaired) electrons. The van der Waals surface area contributed by atoms with Crippen molar-refractivity contribution in [1.29, 1.82) is 0 Å².